The van der Waals surface area contributed by atoms with Crippen molar-refractivity contribution in [3.8, 4) is 11.1 Å². The van der Waals surface area contributed by atoms with Gasteiger partial charge in [-0.15, -0.1) is 36.1 Å². The van der Waals surface area contributed by atoms with Gasteiger partial charge in [-0.05, 0) is 11.1 Å². The van der Waals surface area contributed by atoms with E-state index in [1.165, 1.54) is 33.4 Å². The summed E-state index contributed by atoms with van der Waals surface area (Å²) >= 11 is 0. The van der Waals surface area contributed by atoms with Crippen molar-refractivity contribution in [2.45, 2.75) is 12.8 Å². The predicted molar refractivity (Wildman–Crippen MR) is 128 cm³/mol. The van der Waals surface area contributed by atoms with Crippen molar-refractivity contribution >= 4 is 12.2 Å². The van der Waals surface area contributed by atoms with Crippen LogP contribution in [0.3, 0.4) is 0 Å². The molecule has 0 fully saturated rings. The Hall–Kier alpha value is -2.18. The molecule has 33 heavy (non-hydrogen) atoms. The molecule has 0 saturated carbocycles. The second-order valence-corrected chi connectivity index (χ2v) is 7.18. The molecule has 0 atom stereocenters. The molecule has 0 N–H and O–H groups in total. The summed E-state index contributed by atoms with van der Waals surface area (Å²) in [5.41, 5.74) is 8.02. The van der Waals surface area contributed by atoms with Gasteiger partial charge in [0.2, 0.25) is 0 Å². The smallest absolute Gasteiger partial charge is 1.00 e. The number of allylic oxidation sites excluding steroid dienone is 2. The van der Waals surface area contributed by atoms with Gasteiger partial charge in [-0.1, -0.05) is 97.1 Å². The summed E-state index contributed by atoms with van der Waals surface area (Å²) in [5.74, 6) is 0. The van der Waals surface area contributed by atoms with Crippen LogP contribution in [0, 0.1) is 12.2 Å². The molecule has 0 aliphatic heterocycles. The van der Waals surface area contributed by atoms with Gasteiger partial charge in [0.25, 0.3) is 0 Å². The first-order valence-corrected chi connectivity index (χ1v) is 10.3. The third kappa shape index (κ3) is 8.60. The van der Waals surface area contributed by atoms with Crippen molar-refractivity contribution in [1.82, 2.24) is 0 Å². The maximum atomic E-state index is 3.16. The summed E-state index contributed by atoms with van der Waals surface area (Å²) in [7, 11) is 0. The second-order valence-electron chi connectivity index (χ2n) is 7.18. The van der Waals surface area contributed by atoms with Gasteiger partial charge in [0.05, 0.1) is 0 Å². The minimum atomic E-state index is 0. The van der Waals surface area contributed by atoms with Crippen LogP contribution in [0.5, 0.6) is 0 Å². The number of fused-ring (bicyclic) bond motifs is 2. The average Bonchev–Trinajstić information content (AvgIpc) is 3.51. The third-order valence-corrected chi connectivity index (χ3v) is 5.09. The summed E-state index contributed by atoms with van der Waals surface area (Å²) in [6.45, 7) is 0. The van der Waals surface area contributed by atoms with Crippen molar-refractivity contribution < 1.29 is 51.0 Å². The molecule has 0 saturated heterocycles. The Morgan fingerprint density at radius 2 is 0.758 bits per heavy atom. The summed E-state index contributed by atoms with van der Waals surface area (Å²) in [4.78, 5) is 0. The molecule has 0 spiro atoms. The molecule has 2 aliphatic rings. The van der Waals surface area contributed by atoms with Gasteiger partial charge < -0.3 is 24.8 Å². The molecule has 0 radical (unpaired) electrons. The van der Waals surface area contributed by atoms with Crippen LogP contribution in [0.15, 0.2) is 109 Å². The fourth-order valence-electron chi connectivity index (χ4n) is 3.48. The Balaban J connectivity index is 0.000000240. The largest absolute Gasteiger partial charge is 4.00 e. The van der Waals surface area contributed by atoms with E-state index < -0.39 is 0 Å². The van der Waals surface area contributed by atoms with Crippen molar-refractivity contribution in [1.29, 1.82) is 0 Å². The van der Waals surface area contributed by atoms with Crippen molar-refractivity contribution in [2.24, 2.45) is 0 Å². The van der Waals surface area contributed by atoms with E-state index in [1.54, 1.807) is 0 Å². The molecular formula is C30H24Cl2Zr. The van der Waals surface area contributed by atoms with Crippen LogP contribution < -0.4 is 24.8 Å². The van der Waals surface area contributed by atoms with Crippen molar-refractivity contribution in [3.05, 3.63) is 144 Å². The molecular weight excluding hydrogens is 522 g/mol. The Morgan fingerprint density at radius 3 is 1.12 bits per heavy atom. The van der Waals surface area contributed by atoms with Crippen LogP contribution >= 0.6 is 0 Å². The average molecular weight is 547 g/mol. The van der Waals surface area contributed by atoms with E-state index in [0.29, 0.717) is 0 Å². The molecule has 0 unspecified atom stereocenters. The second kappa shape index (κ2) is 15.6. The topological polar surface area (TPSA) is 0 Å². The monoisotopic (exact) mass is 544 g/mol. The van der Waals surface area contributed by atoms with Gasteiger partial charge in [-0.2, -0.15) is 11.1 Å². The quantitative estimate of drug-likeness (QED) is 0.318. The summed E-state index contributed by atoms with van der Waals surface area (Å²) in [6.07, 6.45) is 12.4. The normalized spacial score (nSPS) is 11.0. The molecule has 162 valence electrons. The van der Waals surface area contributed by atoms with Crippen LogP contribution in [-0.4, -0.2) is 0 Å². The van der Waals surface area contributed by atoms with E-state index in [4.69, 9.17) is 0 Å². The first kappa shape index (κ1) is 28.9. The fraction of sp³-hybridized carbons (Fsp3) is 0.0667. The molecule has 4 aromatic rings. The molecule has 4 aromatic carbocycles. The first-order valence-electron chi connectivity index (χ1n) is 10.3. The van der Waals surface area contributed by atoms with Gasteiger partial charge >= 0.3 is 26.2 Å². The molecule has 0 amide bonds. The fourth-order valence-corrected chi connectivity index (χ4v) is 3.48. The summed E-state index contributed by atoms with van der Waals surface area (Å²) in [5, 5.41) is 0. The molecule has 2 aliphatic carbocycles. The zero-order chi connectivity index (χ0) is 20.4. The molecule has 0 aromatic heterocycles. The zero-order valence-electron chi connectivity index (χ0n) is 18.2. The summed E-state index contributed by atoms with van der Waals surface area (Å²) < 4.78 is 0. The van der Waals surface area contributed by atoms with Crippen molar-refractivity contribution in [2.75, 3.05) is 0 Å². The van der Waals surface area contributed by atoms with E-state index in [0.717, 1.165) is 12.8 Å². The molecule has 3 heteroatoms. The van der Waals surface area contributed by atoms with Crippen LogP contribution in [0.25, 0.3) is 23.3 Å². The van der Waals surface area contributed by atoms with Gasteiger partial charge in [0.15, 0.2) is 0 Å². The van der Waals surface area contributed by atoms with Gasteiger partial charge in [-0.3, -0.25) is 12.2 Å². The number of halogens is 2. The number of hydrogen-bond acceptors (Lipinski definition) is 0. The predicted octanol–water partition coefficient (Wildman–Crippen LogP) is 1.48. The van der Waals surface area contributed by atoms with Crippen LogP contribution in [0.1, 0.15) is 22.3 Å². The van der Waals surface area contributed by atoms with Crippen LogP contribution in [-0.2, 0) is 39.0 Å². The van der Waals surface area contributed by atoms with Gasteiger partial charge in [0, 0.05) is 0 Å². The van der Waals surface area contributed by atoms with E-state index in [2.05, 4.69) is 121 Å². The van der Waals surface area contributed by atoms with Crippen LogP contribution in [0.2, 0.25) is 0 Å². The third-order valence-electron chi connectivity index (χ3n) is 5.09. The summed E-state index contributed by atoms with van der Waals surface area (Å²) in [6, 6.07) is 37.6. The maximum Gasteiger partial charge on any atom is 4.00 e. The Kier molecular flexibility index (Phi) is 13.7. The Labute approximate surface area is 229 Å². The van der Waals surface area contributed by atoms with Gasteiger partial charge in [-0.25, -0.2) is 12.2 Å². The van der Waals surface area contributed by atoms with Gasteiger partial charge in [0.1, 0.15) is 0 Å². The number of rotatable bonds is 1. The molecule has 6 rings (SSSR count). The zero-order valence-corrected chi connectivity index (χ0v) is 22.2. The standard InChI is InChI=1S/C12H10.2C9H7.2ClH.Zr/c1-3-7-11(8-4-1)12-9-5-2-6-10-12;2*1-2-5-9-7-3-6-8(9)4-1;;;/h1-10H;2*1-2,4-6H,7H2;2*1H;/q;2*-1;;;+4/p-2. The SMILES string of the molecule is [C-]1=Cc2ccccc2C1.[C-]1=Cc2ccccc2C1.[Cl-].[Cl-].[Zr+4].c1ccc(-c2ccccc2)cc1. The molecule has 0 nitrogen and oxygen atoms in total. The minimum absolute atomic E-state index is 0. The minimum Gasteiger partial charge on any atom is -1.00 e. The number of hydrogen-bond donors (Lipinski definition) is 0. The molecule has 0 heterocycles. The van der Waals surface area contributed by atoms with E-state index in [1.807, 2.05) is 12.1 Å². The maximum absolute atomic E-state index is 3.16. The Bertz CT molecular complexity index is 1040. The number of benzene rings is 4. The first-order chi connectivity index (χ1) is 14.9. The van der Waals surface area contributed by atoms with E-state index in [9.17, 15) is 0 Å². The van der Waals surface area contributed by atoms with E-state index >= 15 is 0 Å². The Morgan fingerprint density at radius 1 is 0.424 bits per heavy atom. The molecule has 0 bridgehead atoms. The van der Waals surface area contributed by atoms with E-state index in [-0.39, 0.29) is 51.0 Å². The van der Waals surface area contributed by atoms with Crippen LogP contribution in [0.4, 0.5) is 0 Å². The van der Waals surface area contributed by atoms with Crippen molar-refractivity contribution in [3.63, 3.8) is 0 Å².